The second-order valence-corrected chi connectivity index (χ2v) is 8.76. The van der Waals surface area contributed by atoms with Gasteiger partial charge in [-0.3, -0.25) is 9.67 Å². The number of hydrogen-bond acceptors (Lipinski definition) is 5. The molecule has 1 aromatic carbocycles. The predicted molar refractivity (Wildman–Crippen MR) is 125 cm³/mol. The van der Waals surface area contributed by atoms with E-state index in [-0.39, 0.29) is 24.0 Å². The van der Waals surface area contributed by atoms with Crippen LogP contribution in [0.25, 0.3) is 22.5 Å². The van der Waals surface area contributed by atoms with E-state index in [4.69, 9.17) is 10.5 Å². The van der Waals surface area contributed by atoms with Gasteiger partial charge in [-0.1, -0.05) is 6.07 Å². The first-order valence-electron chi connectivity index (χ1n) is 11.4. The Labute approximate surface area is 195 Å². The van der Waals surface area contributed by atoms with Gasteiger partial charge < -0.3 is 10.5 Å². The van der Waals surface area contributed by atoms with E-state index in [1.54, 1.807) is 18.5 Å². The zero-order valence-electron chi connectivity index (χ0n) is 18.8. The van der Waals surface area contributed by atoms with Crippen molar-refractivity contribution < 1.29 is 13.5 Å². The second-order valence-electron chi connectivity index (χ2n) is 8.76. The Morgan fingerprint density at radius 3 is 2.85 bits per heavy atom. The number of aryl methyl sites for hydroxylation is 1. The molecule has 172 valence electrons. The fraction of sp³-hybridized carbons (Fsp3) is 0.269. The van der Waals surface area contributed by atoms with Gasteiger partial charge in [0, 0.05) is 47.1 Å². The maximum atomic E-state index is 15.4. The minimum Gasteiger partial charge on any atom is -0.482 e. The highest BCUT2D eigenvalue weighted by molar-refractivity contribution is 5.75. The zero-order valence-corrected chi connectivity index (χ0v) is 18.8. The molecule has 4 aromatic rings. The number of rotatable bonds is 1. The van der Waals surface area contributed by atoms with Crippen LogP contribution in [0, 0.1) is 5.82 Å². The monoisotopic (exact) mass is 459 g/mol. The van der Waals surface area contributed by atoms with E-state index < -0.39 is 12.3 Å². The summed E-state index contributed by atoms with van der Waals surface area (Å²) in [7, 11) is 0. The number of nitrogens with two attached hydrogens (primary N) is 1. The van der Waals surface area contributed by atoms with E-state index in [0.717, 1.165) is 27.9 Å². The number of hydrogen-bond donors (Lipinski definition) is 1. The topological polar surface area (TPSA) is 78.9 Å². The van der Waals surface area contributed by atoms with E-state index >= 15 is 4.39 Å². The summed E-state index contributed by atoms with van der Waals surface area (Å²) in [5.74, 6) is -0.0371. The molecule has 0 saturated heterocycles. The molecule has 2 unspecified atom stereocenters. The van der Waals surface area contributed by atoms with E-state index in [1.807, 2.05) is 36.7 Å². The van der Waals surface area contributed by atoms with Crippen molar-refractivity contribution in [1.82, 2.24) is 19.7 Å². The first-order chi connectivity index (χ1) is 16.5. The molecule has 4 heterocycles. The molecule has 0 amide bonds. The quantitative estimate of drug-likeness (QED) is 0.392. The zero-order chi connectivity index (χ0) is 23.6. The van der Waals surface area contributed by atoms with E-state index in [0.29, 0.717) is 29.2 Å². The molecule has 0 fully saturated rings. The summed E-state index contributed by atoms with van der Waals surface area (Å²) in [6.45, 7) is 4.38. The largest absolute Gasteiger partial charge is 0.482 e. The molecule has 6 nitrogen and oxygen atoms in total. The minimum absolute atomic E-state index is 0.225. The Bertz CT molecular complexity index is 1430. The Morgan fingerprint density at radius 2 is 2.03 bits per heavy atom. The molecule has 6 rings (SSSR count). The average molecular weight is 460 g/mol. The second kappa shape index (κ2) is 7.62. The molecule has 1 aliphatic heterocycles. The van der Waals surface area contributed by atoms with Crippen LogP contribution in [0.15, 0.2) is 48.8 Å². The average Bonchev–Trinajstić information content (AvgIpc) is 3.37. The molecule has 3 atom stereocenters. The maximum absolute atomic E-state index is 15.4. The van der Waals surface area contributed by atoms with Crippen molar-refractivity contribution >= 4 is 5.82 Å². The third-order valence-electron chi connectivity index (χ3n) is 6.78. The lowest BCUT2D eigenvalue weighted by molar-refractivity contribution is 0.227. The number of pyridine rings is 2. The van der Waals surface area contributed by atoms with Crippen molar-refractivity contribution in [1.29, 1.82) is 0 Å². The summed E-state index contributed by atoms with van der Waals surface area (Å²) in [5, 5.41) is 4.63. The number of halogens is 2. The van der Waals surface area contributed by atoms with Crippen LogP contribution >= 0.6 is 0 Å². The van der Waals surface area contributed by atoms with Gasteiger partial charge in [0.2, 0.25) is 0 Å². The predicted octanol–water partition coefficient (Wildman–Crippen LogP) is 5.75. The van der Waals surface area contributed by atoms with Crippen LogP contribution in [-0.2, 0) is 6.54 Å². The van der Waals surface area contributed by atoms with Crippen LogP contribution in [0.4, 0.5) is 14.6 Å². The van der Waals surface area contributed by atoms with Gasteiger partial charge in [-0.15, -0.1) is 0 Å². The van der Waals surface area contributed by atoms with Crippen molar-refractivity contribution in [3.8, 4) is 28.3 Å². The van der Waals surface area contributed by atoms with Crippen LogP contribution in [-0.4, -0.2) is 19.7 Å². The van der Waals surface area contributed by atoms with E-state index in [2.05, 4.69) is 15.1 Å². The lowest BCUT2D eigenvalue weighted by atomic mass is 9.86. The highest BCUT2D eigenvalue weighted by Gasteiger charge is 2.40. The number of fused-ring (bicyclic) bond motifs is 7. The van der Waals surface area contributed by atoms with Crippen LogP contribution < -0.4 is 10.5 Å². The summed E-state index contributed by atoms with van der Waals surface area (Å²) in [4.78, 5) is 9.04. The molecule has 3 aromatic heterocycles. The van der Waals surface area contributed by atoms with Crippen LogP contribution in [0.3, 0.4) is 0 Å². The highest BCUT2D eigenvalue weighted by atomic mass is 19.1. The third kappa shape index (κ3) is 3.01. The molecule has 1 aliphatic carbocycles. The Kier molecular flexibility index (Phi) is 4.65. The van der Waals surface area contributed by atoms with Gasteiger partial charge in [0.05, 0.1) is 11.4 Å². The maximum Gasteiger partial charge on any atom is 0.166 e. The fourth-order valence-corrected chi connectivity index (χ4v) is 5.26. The Morgan fingerprint density at radius 1 is 1.18 bits per heavy atom. The van der Waals surface area contributed by atoms with Crippen molar-refractivity contribution in [3.63, 3.8) is 0 Å². The fourth-order valence-electron chi connectivity index (χ4n) is 5.26. The smallest absolute Gasteiger partial charge is 0.166 e. The standard InChI is InChI=1S/C26H23F2N5O/c1-3-33-25-14-9-21(26(29)31-12-14)34-13(2)18-10-15(27)6-7-17(18)23-16(5-4-8-30-23)19-11-20(28)24(32-33)22(19)25/h4-10,12-13,19-20H,3,11H2,1-2H3,(H2,29,31)/t13-,19?,20?/m1/s1. The van der Waals surface area contributed by atoms with Gasteiger partial charge in [-0.2, -0.15) is 5.10 Å². The lowest BCUT2D eigenvalue weighted by Gasteiger charge is -2.24. The van der Waals surface area contributed by atoms with Gasteiger partial charge >= 0.3 is 0 Å². The molecule has 0 spiro atoms. The van der Waals surface area contributed by atoms with Crippen molar-refractivity contribution in [2.45, 2.75) is 45.0 Å². The Balaban J connectivity index is 1.72. The number of nitrogens with zero attached hydrogens (tertiary/aromatic N) is 4. The third-order valence-corrected chi connectivity index (χ3v) is 6.78. The first-order valence-corrected chi connectivity index (χ1v) is 11.4. The summed E-state index contributed by atoms with van der Waals surface area (Å²) >= 11 is 0. The van der Waals surface area contributed by atoms with Crippen LogP contribution in [0.2, 0.25) is 0 Å². The van der Waals surface area contributed by atoms with Crippen molar-refractivity contribution in [2.75, 3.05) is 5.73 Å². The molecule has 0 saturated carbocycles. The number of benzene rings is 1. The van der Waals surface area contributed by atoms with Gasteiger partial charge in [0.15, 0.2) is 11.6 Å². The summed E-state index contributed by atoms with van der Waals surface area (Å²) in [5.41, 5.74) is 11.9. The SMILES string of the molecule is CCn1nc2c3c1-c1cnc(N)c(c1)O[C@H](C)c1cc(F)ccc1-c1ncccc1C3CC2F. The molecule has 34 heavy (non-hydrogen) atoms. The molecular formula is C26H23F2N5O. The van der Waals surface area contributed by atoms with Gasteiger partial charge in [0.25, 0.3) is 0 Å². The number of ether oxygens (including phenoxy) is 1. The molecule has 2 bridgehead atoms. The molecule has 2 N–H and O–H groups in total. The van der Waals surface area contributed by atoms with Crippen molar-refractivity contribution in [2.24, 2.45) is 0 Å². The van der Waals surface area contributed by atoms with Crippen molar-refractivity contribution in [3.05, 3.63) is 77.0 Å². The lowest BCUT2D eigenvalue weighted by Crippen LogP contribution is -2.12. The number of anilines is 1. The van der Waals surface area contributed by atoms with Crippen LogP contribution in [0.1, 0.15) is 60.8 Å². The molecule has 2 aliphatic rings. The first kappa shape index (κ1) is 20.8. The summed E-state index contributed by atoms with van der Waals surface area (Å²) in [6.07, 6.45) is 1.90. The normalized spacial score (nSPS) is 20.4. The molecule has 0 radical (unpaired) electrons. The number of nitrogen functional groups attached to an aromatic ring is 1. The van der Waals surface area contributed by atoms with Gasteiger partial charge in [-0.25, -0.2) is 13.8 Å². The van der Waals surface area contributed by atoms with Crippen LogP contribution in [0.5, 0.6) is 5.75 Å². The van der Waals surface area contributed by atoms with E-state index in [9.17, 15) is 4.39 Å². The minimum atomic E-state index is -1.20. The Hall–Kier alpha value is -3.81. The summed E-state index contributed by atoms with van der Waals surface area (Å²) in [6, 6.07) is 10.2. The molecule has 8 heteroatoms. The van der Waals surface area contributed by atoms with Gasteiger partial charge in [-0.05, 0) is 56.2 Å². The van der Waals surface area contributed by atoms with Gasteiger partial charge in [0.1, 0.15) is 23.8 Å². The highest BCUT2D eigenvalue weighted by Crippen LogP contribution is 2.52. The number of alkyl halides is 1. The molecular weight excluding hydrogens is 436 g/mol. The number of aromatic nitrogens is 4. The van der Waals surface area contributed by atoms with E-state index in [1.165, 1.54) is 12.1 Å². The summed E-state index contributed by atoms with van der Waals surface area (Å²) < 4.78 is 37.8.